The van der Waals surface area contributed by atoms with Gasteiger partial charge in [-0.1, -0.05) is 98.4 Å². The predicted octanol–water partition coefficient (Wildman–Crippen LogP) is 8.06. The molecule has 1 saturated heterocycles. The molecule has 0 spiro atoms. The summed E-state index contributed by atoms with van der Waals surface area (Å²) in [5.41, 5.74) is 2.32. The van der Waals surface area contributed by atoms with E-state index in [0.717, 1.165) is 36.2 Å². The molecule has 1 aliphatic carbocycles. The number of Topliss-reactive ketones (excluding diaryl/α,β-unsaturated/α-hetero) is 1. The van der Waals surface area contributed by atoms with E-state index in [1.54, 1.807) is 0 Å². The van der Waals surface area contributed by atoms with Crippen LogP contribution in [0.1, 0.15) is 116 Å². The summed E-state index contributed by atoms with van der Waals surface area (Å²) in [6, 6.07) is 8.52. The molecular weight excluding hydrogens is 400 g/mol. The number of ether oxygens (including phenoxy) is 1. The van der Waals surface area contributed by atoms with Gasteiger partial charge in [0.1, 0.15) is 11.5 Å². The molecule has 0 radical (unpaired) electrons. The Bertz CT molecular complexity index is 538. The van der Waals surface area contributed by atoms with Crippen LogP contribution in [0.2, 0.25) is 0 Å². The van der Waals surface area contributed by atoms with Crippen LogP contribution in [-0.2, 0) is 15.6 Å². The third-order valence-corrected chi connectivity index (χ3v) is 7.72. The maximum atomic E-state index is 12.7. The van der Waals surface area contributed by atoms with E-state index in [1.165, 1.54) is 44.1 Å². The molecule has 0 aromatic heterocycles. The number of benzene rings is 1. The summed E-state index contributed by atoms with van der Waals surface area (Å²) in [4.78, 5) is 12.7. The lowest BCUT2D eigenvalue weighted by Crippen LogP contribution is -2.38. The maximum absolute atomic E-state index is 12.7. The van der Waals surface area contributed by atoms with Gasteiger partial charge in [-0.05, 0) is 37.2 Å². The molecule has 1 aliphatic heterocycles. The maximum Gasteiger partial charge on any atom is 0.214 e. The molecule has 3 heteroatoms. The van der Waals surface area contributed by atoms with Gasteiger partial charge in [-0.3, -0.25) is 4.79 Å². The lowest BCUT2D eigenvalue weighted by molar-refractivity contribution is 0.0991. The Morgan fingerprint density at radius 3 is 1.84 bits per heavy atom. The highest BCUT2D eigenvalue weighted by Gasteiger charge is 2.34. The van der Waals surface area contributed by atoms with Gasteiger partial charge in [-0.25, -0.2) is 0 Å². The second-order valence-electron chi connectivity index (χ2n) is 8.96. The van der Waals surface area contributed by atoms with Crippen molar-refractivity contribution in [3.63, 3.8) is 0 Å². The van der Waals surface area contributed by atoms with E-state index in [9.17, 15) is 4.79 Å². The highest BCUT2D eigenvalue weighted by molar-refractivity contribution is 7.98. The Morgan fingerprint density at radius 2 is 1.39 bits per heavy atom. The van der Waals surface area contributed by atoms with Crippen LogP contribution in [0.25, 0.3) is 0 Å². The fourth-order valence-corrected chi connectivity index (χ4v) is 5.65. The van der Waals surface area contributed by atoms with Crippen LogP contribution >= 0.6 is 0 Å². The molecule has 1 saturated carbocycles. The molecule has 180 valence electrons. The summed E-state index contributed by atoms with van der Waals surface area (Å²) in [5, 5.41) is 0.143. The van der Waals surface area contributed by atoms with Crippen molar-refractivity contribution >= 4 is 16.7 Å². The van der Waals surface area contributed by atoms with Crippen LogP contribution in [0.5, 0.6) is 0 Å². The average Bonchev–Trinajstić information content (AvgIpc) is 2.81. The van der Waals surface area contributed by atoms with Gasteiger partial charge in [0, 0.05) is 16.5 Å². The molecule has 0 bridgehead atoms. The van der Waals surface area contributed by atoms with Crippen LogP contribution in [0.15, 0.2) is 24.3 Å². The van der Waals surface area contributed by atoms with Gasteiger partial charge in [0.05, 0.1) is 13.2 Å². The van der Waals surface area contributed by atoms with Crippen LogP contribution < -0.4 is 0 Å². The molecule has 3 rings (SSSR count). The van der Waals surface area contributed by atoms with Gasteiger partial charge in [0.2, 0.25) is 5.78 Å². The monoisotopic (exact) mass is 451 g/mol. The third-order valence-electron chi connectivity index (χ3n) is 5.12. The van der Waals surface area contributed by atoms with Crippen molar-refractivity contribution in [1.29, 1.82) is 0 Å². The number of carbonyl (C=O) groups excluding carboxylic acids is 1. The van der Waals surface area contributed by atoms with Crippen molar-refractivity contribution in [2.24, 2.45) is 5.92 Å². The first-order chi connectivity index (χ1) is 14.9. The number of carbonyl (C=O) groups is 1. The van der Waals surface area contributed by atoms with Gasteiger partial charge >= 0.3 is 0 Å². The second-order valence-corrected chi connectivity index (χ2v) is 11.6. The summed E-state index contributed by atoms with van der Waals surface area (Å²) in [5.74, 6) is 3.97. The van der Waals surface area contributed by atoms with E-state index >= 15 is 0 Å². The van der Waals surface area contributed by atoms with Gasteiger partial charge in [-0.15, -0.1) is 0 Å². The summed E-state index contributed by atoms with van der Waals surface area (Å²) in [7, 11) is 0.196. The number of ketones is 1. The molecule has 1 unspecified atom stereocenters. The van der Waals surface area contributed by atoms with E-state index in [4.69, 9.17) is 4.74 Å². The normalized spacial score (nSPS) is 17.8. The first-order valence-corrected chi connectivity index (χ1v) is 14.4. The SMILES string of the molecule is CC.CC(C(=O)c1ccc(C2CCCCC2)cc1)[S+]1CCOCC1.CC(C)C.CCC. The lowest BCUT2D eigenvalue weighted by atomic mass is 9.84. The Balaban J connectivity index is 0.000000865. The second kappa shape index (κ2) is 18.7. The minimum atomic E-state index is 0.143. The first kappa shape index (κ1) is 30.2. The van der Waals surface area contributed by atoms with Crippen molar-refractivity contribution in [2.75, 3.05) is 24.7 Å². The molecule has 1 aromatic carbocycles. The number of hydrogen-bond donors (Lipinski definition) is 0. The van der Waals surface area contributed by atoms with Crippen molar-refractivity contribution in [1.82, 2.24) is 0 Å². The molecule has 0 amide bonds. The van der Waals surface area contributed by atoms with Crippen molar-refractivity contribution < 1.29 is 9.53 Å². The van der Waals surface area contributed by atoms with E-state index in [0.29, 0.717) is 11.7 Å². The summed E-state index contributed by atoms with van der Waals surface area (Å²) in [6.45, 7) is 18.5. The van der Waals surface area contributed by atoms with Gasteiger partial charge < -0.3 is 4.74 Å². The van der Waals surface area contributed by atoms with Crippen molar-refractivity contribution in [2.45, 2.75) is 105 Å². The van der Waals surface area contributed by atoms with E-state index in [2.05, 4.69) is 65.8 Å². The third kappa shape index (κ3) is 12.7. The quantitative estimate of drug-likeness (QED) is 0.342. The highest BCUT2D eigenvalue weighted by Crippen LogP contribution is 2.32. The van der Waals surface area contributed by atoms with Gasteiger partial charge in [0.15, 0.2) is 5.25 Å². The number of rotatable bonds is 4. The van der Waals surface area contributed by atoms with Crippen LogP contribution in [0, 0.1) is 5.92 Å². The molecule has 2 fully saturated rings. The topological polar surface area (TPSA) is 26.3 Å². The van der Waals surface area contributed by atoms with Crippen LogP contribution in [-0.4, -0.2) is 35.8 Å². The Hall–Kier alpha value is -0.800. The fraction of sp³-hybridized carbons (Fsp3) is 0.750. The summed E-state index contributed by atoms with van der Waals surface area (Å²) in [6.07, 6.45) is 7.97. The molecule has 0 N–H and O–H groups in total. The Kier molecular flexibility index (Phi) is 18.3. The summed E-state index contributed by atoms with van der Waals surface area (Å²) < 4.78 is 5.41. The minimum Gasteiger partial charge on any atom is -0.372 e. The smallest absolute Gasteiger partial charge is 0.214 e. The molecule has 31 heavy (non-hydrogen) atoms. The average molecular weight is 452 g/mol. The lowest BCUT2D eigenvalue weighted by Gasteiger charge is -2.22. The van der Waals surface area contributed by atoms with E-state index in [-0.39, 0.29) is 16.1 Å². The first-order valence-electron chi connectivity index (χ1n) is 12.8. The van der Waals surface area contributed by atoms with E-state index in [1.807, 2.05) is 13.8 Å². The fourth-order valence-electron chi connectivity index (χ4n) is 3.63. The van der Waals surface area contributed by atoms with Crippen molar-refractivity contribution in [3.05, 3.63) is 35.4 Å². The molecule has 2 aliphatic rings. The zero-order valence-corrected chi connectivity index (χ0v) is 22.7. The zero-order chi connectivity index (χ0) is 23.6. The minimum absolute atomic E-state index is 0.143. The van der Waals surface area contributed by atoms with Crippen molar-refractivity contribution in [3.8, 4) is 0 Å². The Morgan fingerprint density at radius 1 is 0.935 bits per heavy atom. The molecule has 2 nitrogen and oxygen atoms in total. The highest BCUT2D eigenvalue weighted by atomic mass is 32.2. The van der Waals surface area contributed by atoms with E-state index < -0.39 is 0 Å². The van der Waals surface area contributed by atoms with Gasteiger partial charge in [-0.2, -0.15) is 0 Å². The zero-order valence-electron chi connectivity index (χ0n) is 21.8. The Labute approximate surface area is 197 Å². The van der Waals surface area contributed by atoms with Gasteiger partial charge in [0.25, 0.3) is 0 Å². The predicted molar refractivity (Wildman–Crippen MR) is 142 cm³/mol. The van der Waals surface area contributed by atoms with Crippen LogP contribution in [0.3, 0.4) is 0 Å². The molecular formula is C28H51O2S+. The largest absolute Gasteiger partial charge is 0.372 e. The number of hydrogen-bond acceptors (Lipinski definition) is 2. The molecule has 1 aromatic rings. The molecule has 1 atom stereocenters. The molecule has 1 heterocycles. The summed E-state index contributed by atoms with van der Waals surface area (Å²) >= 11 is 0. The standard InChI is InChI=1S/C19H27O2S.C4H10.C3H8.C2H6/c1-15(22-13-11-21-12-14-22)19(20)18-9-7-17(8-10-18)16-5-3-2-4-6-16;1-4(2)3;1-3-2;1-2/h7-10,15-16H,2-6,11-14H2,1H3;4H,1-3H3;3H2,1-2H3;1-2H3/q+1;;;. The van der Waals surface area contributed by atoms with Crippen LogP contribution in [0.4, 0.5) is 0 Å².